The first-order valence-electron chi connectivity index (χ1n) is 12.8. The Morgan fingerprint density at radius 2 is 1.78 bits per heavy atom. The lowest BCUT2D eigenvalue weighted by atomic mass is 9.94. The van der Waals surface area contributed by atoms with E-state index >= 15 is 0 Å². The van der Waals surface area contributed by atoms with Gasteiger partial charge < -0.3 is 29.5 Å². The number of benzene rings is 2. The van der Waals surface area contributed by atoms with Crippen LogP contribution < -0.4 is 9.47 Å². The molecule has 2 aromatic rings. The van der Waals surface area contributed by atoms with Gasteiger partial charge in [-0.15, -0.1) is 0 Å². The van der Waals surface area contributed by atoms with E-state index in [1.165, 1.54) is 11.0 Å². The highest BCUT2D eigenvalue weighted by molar-refractivity contribution is 6.46. The van der Waals surface area contributed by atoms with Gasteiger partial charge >= 0.3 is 0 Å². The fourth-order valence-electron chi connectivity index (χ4n) is 4.43. The molecule has 0 saturated carbocycles. The fourth-order valence-corrected chi connectivity index (χ4v) is 4.43. The molecule has 0 aliphatic carbocycles. The van der Waals surface area contributed by atoms with Crippen LogP contribution in [0.15, 0.2) is 42.0 Å². The van der Waals surface area contributed by atoms with Crippen molar-refractivity contribution < 1.29 is 29.3 Å². The van der Waals surface area contributed by atoms with Crippen molar-refractivity contribution in [3.05, 3.63) is 58.7 Å². The Kier molecular flexibility index (Phi) is 9.58. The molecule has 1 atom stereocenters. The number of aromatic hydroxyl groups is 1. The number of amides is 1. The van der Waals surface area contributed by atoms with Crippen LogP contribution in [0.1, 0.15) is 55.8 Å². The molecule has 200 valence electrons. The summed E-state index contributed by atoms with van der Waals surface area (Å²) in [6.45, 7) is 7.78. The molecule has 1 fully saturated rings. The van der Waals surface area contributed by atoms with E-state index in [1.807, 2.05) is 25.9 Å². The third kappa shape index (κ3) is 6.43. The second kappa shape index (κ2) is 12.6. The molecule has 1 heterocycles. The van der Waals surface area contributed by atoms with E-state index in [0.29, 0.717) is 43.1 Å². The minimum Gasteiger partial charge on any atom is -0.507 e. The van der Waals surface area contributed by atoms with Gasteiger partial charge in [-0.2, -0.15) is 0 Å². The zero-order chi connectivity index (χ0) is 27.1. The van der Waals surface area contributed by atoms with Gasteiger partial charge in [0.1, 0.15) is 11.5 Å². The summed E-state index contributed by atoms with van der Waals surface area (Å²) in [5.41, 5.74) is 1.84. The number of rotatable bonds is 12. The van der Waals surface area contributed by atoms with E-state index < -0.39 is 17.7 Å². The smallest absolute Gasteiger partial charge is 0.295 e. The molecule has 3 rings (SSSR count). The van der Waals surface area contributed by atoms with Crippen LogP contribution in [-0.2, 0) is 9.59 Å². The average Bonchev–Trinajstić information content (AvgIpc) is 3.11. The van der Waals surface area contributed by atoms with E-state index in [2.05, 4.69) is 6.92 Å². The van der Waals surface area contributed by atoms with Crippen LogP contribution in [0.5, 0.6) is 17.2 Å². The molecule has 1 aliphatic heterocycles. The lowest BCUT2D eigenvalue weighted by Gasteiger charge is -2.26. The number of phenolic OH excluding ortho intramolecular Hbond substituents is 1. The van der Waals surface area contributed by atoms with Crippen molar-refractivity contribution in [1.82, 2.24) is 9.80 Å². The third-order valence-corrected chi connectivity index (χ3v) is 6.35. The quantitative estimate of drug-likeness (QED) is 0.186. The van der Waals surface area contributed by atoms with E-state index in [0.717, 1.165) is 24.9 Å². The van der Waals surface area contributed by atoms with Gasteiger partial charge in [0.25, 0.3) is 11.7 Å². The second-order valence-corrected chi connectivity index (χ2v) is 9.49. The van der Waals surface area contributed by atoms with Crippen LogP contribution in [0.4, 0.5) is 0 Å². The standard InChI is InChI=1S/C29H38N2O6/c1-6-8-16-37-23-13-11-21(17-19(23)3)27(33)25-26(20-10-12-22(32)24(18-20)36-7-2)31(29(35)28(25)34)15-9-14-30(4)5/h10-13,17-18,26,32-33H,6-9,14-16H2,1-5H3/t26-/m1/s1. The van der Waals surface area contributed by atoms with E-state index in [-0.39, 0.29) is 22.8 Å². The number of ether oxygens (including phenoxy) is 2. The van der Waals surface area contributed by atoms with Crippen molar-refractivity contribution in [3.63, 3.8) is 0 Å². The molecular weight excluding hydrogens is 472 g/mol. The lowest BCUT2D eigenvalue weighted by Crippen LogP contribution is -2.32. The monoisotopic (exact) mass is 510 g/mol. The van der Waals surface area contributed by atoms with Gasteiger partial charge in [0.05, 0.1) is 24.8 Å². The van der Waals surface area contributed by atoms with Gasteiger partial charge in [-0.3, -0.25) is 9.59 Å². The summed E-state index contributed by atoms with van der Waals surface area (Å²) in [7, 11) is 3.88. The number of Topliss-reactive ketones (excluding diaryl/α,β-unsaturated/α-hetero) is 1. The van der Waals surface area contributed by atoms with E-state index in [1.54, 1.807) is 37.3 Å². The Hall–Kier alpha value is -3.52. The van der Waals surface area contributed by atoms with E-state index in [9.17, 15) is 19.8 Å². The first-order valence-corrected chi connectivity index (χ1v) is 12.8. The van der Waals surface area contributed by atoms with Gasteiger partial charge in [0.15, 0.2) is 11.5 Å². The molecule has 8 nitrogen and oxygen atoms in total. The number of likely N-dealkylation sites (tertiary alicyclic amines) is 1. The topological polar surface area (TPSA) is 99.5 Å². The number of carbonyl (C=O) groups is 2. The van der Waals surface area contributed by atoms with Crippen LogP contribution >= 0.6 is 0 Å². The number of aliphatic hydroxyl groups is 1. The molecule has 8 heteroatoms. The molecule has 0 aromatic heterocycles. The summed E-state index contributed by atoms with van der Waals surface area (Å²) in [5, 5.41) is 21.6. The molecule has 1 aliphatic rings. The molecule has 0 radical (unpaired) electrons. The van der Waals surface area contributed by atoms with Crippen LogP contribution in [0, 0.1) is 6.92 Å². The Morgan fingerprint density at radius 3 is 2.43 bits per heavy atom. The number of nitrogens with zero attached hydrogens (tertiary/aromatic N) is 2. The Bertz CT molecular complexity index is 1160. The summed E-state index contributed by atoms with van der Waals surface area (Å²) in [4.78, 5) is 30.0. The minimum atomic E-state index is -0.817. The van der Waals surface area contributed by atoms with Crippen molar-refractivity contribution >= 4 is 17.4 Å². The third-order valence-electron chi connectivity index (χ3n) is 6.35. The maximum Gasteiger partial charge on any atom is 0.295 e. The largest absolute Gasteiger partial charge is 0.507 e. The van der Waals surface area contributed by atoms with Crippen molar-refractivity contribution in [2.24, 2.45) is 0 Å². The van der Waals surface area contributed by atoms with Gasteiger partial charge in [-0.25, -0.2) is 0 Å². The van der Waals surface area contributed by atoms with Gasteiger partial charge in [-0.05, 0) is 88.8 Å². The molecule has 2 aromatic carbocycles. The van der Waals surface area contributed by atoms with Crippen molar-refractivity contribution in [2.75, 3.05) is 40.4 Å². The number of phenols is 1. The number of aliphatic hydroxyl groups excluding tert-OH is 1. The van der Waals surface area contributed by atoms with Crippen LogP contribution in [-0.4, -0.2) is 72.1 Å². The first-order chi connectivity index (χ1) is 17.7. The van der Waals surface area contributed by atoms with Crippen molar-refractivity contribution in [1.29, 1.82) is 0 Å². The molecular formula is C29H38N2O6. The molecule has 1 amide bonds. The first kappa shape index (κ1) is 28.1. The molecule has 0 unspecified atom stereocenters. The normalized spacial score (nSPS) is 17.0. The number of carbonyl (C=O) groups excluding carboxylic acids is 2. The Morgan fingerprint density at radius 1 is 1.03 bits per heavy atom. The summed E-state index contributed by atoms with van der Waals surface area (Å²) >= 11 is 0. The maximum atomic E-state index is 13.3. The zero-order valence-electron chi connectivity index (χ0n) is 22.4. The SMILES string of the molecule is CCCCOc1ccc(C(O)=C2C(=O)C(=O)N(CCCN(C)C)[C@@H]2c2ccc(O)c(OCC)c2)cc1C. The van der Waals surface area contributed by atoms with Gasteiger partial charge in [-0.1, -0.05) is 19.4 Å². The van der Waals surface area contributed by atoms with Crippen LogP contribution in [0.25, 0.3) is 5.76 Å². The summed E-state index contributed by atoms with van der Waals surface area (Å²) < 4.78 is 11.4. The lowest BCUT2D eigenvalue weighted by molar-refractivity contribution is -0.139. The van der Waals surface area contributed by atoms with Gasteiger partial charge in [0, 0.05) is 12.1 Å². The highest BCUT2D eigenvalue weighted by atomic mass is 16.5. The van der Waals surface area contributed by atoms with Crippen molar-refractivity contribution in [3.8, 4) is 17.2 Å². The number of aryl methyl sites for hydroxylation is 1. The molecule has 1 saturated heterocycles. The minimum absolute atomic E-state index is 0.0158. The maximum absolute atomic E-state index is 13.3. The highest BCUT2D eigenvalue weighted by Crippen LogP contribution is 2.42. The highest BCUT2D eigenvalue weighted by Gasteiger charge is 2.46. The number of hydrogen-bond acceptors (Lipinski definition) is 7. The van der Waals surface area contributed by atoms with Crippen LogP contribution in [0.3, 0.4) is 0 Å². The van der Waals surface area contributed by atoms with Crippen molar-refractivity contribution in [2.45, 2.75) is 46.1 Å². The molecule has 2 N–H and O–H groups in total. The second-order valence-electron chi connectivity index (χ2n) is 9.49. The summed E-state index contributed by atoms with van der Waals surface area (Å²) in [5.74, 6) is -0.710. The fraction of sp³-hybridized carbons (Fsp3) is 0.448. The number of ketones is 1. The van der Waals surface area contributed by atoms with Gasteiger partial charge in [0.2, 0.25) is 0 Å². The summed E-state index contributed by atoms with van der Waals surface area (Å²) in [6, 6.07) is 9.16. The average molecular weight is 511 g/mol. The Labute approximate surface area is 219 Å². The number of hydrogen-bond donors (Lipinski definition) is 2. The summed E-state index contributed by atoms with van der Waals surface area (Å²) in [6.07, 6.45) is 2.61. The molecule has 37 heavy (non-hydrogen) atoms. The molecule has 0 spiro atoms. The Balaban J connectivity index is 2.08. The zero-order valence-corrected chi connectivity index (χ0v) is 22.4. The molecule has 0 bridgehead atoms. The number of unbranched alkanes of at least 4 members (excludes halogenated alkanes) is 1. The van der Waals surface area contributed by atoms with Crippen LogP contribution in [0.2, 0.25) is 0 Å². The van der Waals surface area contributed by atoms with E-state index in [4.69, 9.17) is 9.47 Å². The predicted molar refractivity (Wildman–Crippen MR) is 143 cm³/mol. The predicted octanol–water partition coefficient (Wildman–Crippen LogP) is 4.65.